The van der Waals surface area contributed by atoms with Gasteiger partial charge in [0, 0.05) is 132 Å². The molecule has 3 saturated heterocycles. The molecule has 1 N–H and O–H groups in total. The molecule has 3 aliphatic rings. The van der Waals surface area contributed by atoms with Crippen LogP contribution in [-0.2, 0) is 24.4 Å². The summed E-state index contributed by atoms with van der Waals surface area (Å²) in [4.78, 5) is 20.4. The number of anilines is 2. The summed E-state index contributed by atoms with van der Waals surface area (Å²) in [5, 5.41) is 15.4. The van der Waals surface area contributed by atoms with Crippen LogP contribution < -0.4 is 19.3 Å². The standard InChI is InChI=1S/C30H32Cl2FN5O4S.C25H24Cl2FN5O3S/c1-17-20(16-43(3,39)40)15-37(17)30-25(33)10-19(12-35-30)29-22-11-21(42-18(2)28-23(31)13-34-14-24(28)32)7-8-26(22)38(36-29)27-6-4-5-9-41-27;1-13-16(12-37(3,34)35)11-33(13)25-21(28)6-15(8-30-25)24-18-5-4-17(7-22(18)31-32-24)36-14(2)23-19(26)9-29-10-20(23)27/h7-8,10-14,17-18,20,27H,4-6,9,15-16H2,1-3H3;4-10,13-14,16H,11-12H2,1-3H3,(H,31,32)/t17-,18+,20-,27?;13-,14+,16-/m00/s1. The highest BCUT2D eigenvalue weighted by atomic mass is 35.5. The molecule has 0 amide bonds. The number of rotatable bonds is 15. The minimum Gasteiger partial charge on any atom is -0.486 e. The number of hydrogen-bond acceptors (Lipinski definition) is 15. The third-order valence-corrected chi connectivity index (χ3v) is 18.1. The normalized spacial score (nSPS) is 20.2. The lowest BCUT2D eigenvalue weighted by molar-refractivity contribution is -0.0365. The van der Waals surface area contributed by atoms with Crippen molar-refractivity contribution in [3.05, 3.63) is 129 Å². The number of ether oxygens (including phenoxy) is 3. The summed E-state index contributed by atoms with van der Waals surface area (Å²) in [5.74, 6) is 0.596. The molecule has 7 atom stereocenters. The molecular formula is C55H56Cl4F2N10O7S2. The van der Waals surface area contributed by atoms with E-state index in [1.54, 1.807) is 34.3 Å². The highest BCUT2D eigenvalue weighted by Gasteiger charge is 2.41. The lowest BCUT2D eigenvalue weighted by atomic mass is 9.91. The number of aromatic amines is 1. The molecular weight excluding hydrogens is 1160 g/mol. The van der Waals surface area contributed by atoms with Gasteiger partial charge in [0.1, 0.15) is 54.8 Å². The zero-order valence-corrected chi connectivity index (χ0v) is 48.9. The van der Waals surface area contributed by atoms with Crippen LogP contribution in [0.5, 0.6) is 11.5 Å². The van der Waals surface area contributed by atoms with Crippen LogP contribution in [0.15, 0.2) is 85.7 Å². The lowest BCUT2D eigenvalue weighted by Crippen LogP contribution is -2.57. The fourth-order valence-electron chi connectivity index (χ4n) is 10.6. The van der Waals surface area contributed by atoms with E-state index in [1.165, 1.54) is 49.4 Å². The second-order valence-electron chi connectivity index (χ2n) is 20.7. The molecule has 422 valence electrons. The highest BCUT2D eigenvalue weighted by Crippen LogP contribution is 2.41. The molecule has 0 spiro atoms. The van der Waals surface area contributed by atoms with Gasteiger partial charge in [-0.3, -0.25) is 15.1 Å². The van der Waals surface area contributed by atoms with Crippen molar-refractivity contribution in [3.63, 3.8) is 0 Å². The Morgan fingerprint density at radius 1 is 0.675 bits per heavy atom. The summed E-state index contributed by atoms with van der Waals surface area (Å²) in [6.45, 7) is 8.99. The number of pyridine rings is 4. The predicted octanol–water partition coefficient (Wildman–Crippen LogP) is 12.1. The second-order valence-corrected chi connectivity index (χ2v) is 26.7. The van der Waals surface area contributed by atoms with Gasteiger partial charge in [0.05, 0.1) is 42.6 Å². The van der Waals surface area contributed by atoms with Crippen LogP contribution in [0.25, 0.3) is 44.3 Å². The molecule has 1 unspecified atom stereocenters. The Kier molecular flexibility index (Phi) is 16.6. The number of nitrogens with zero attached hydrogens (tertiary/aromatic N) is 9. The molecule has 80 heavy (non-hydrogen) atoms. The Hall–Kier alpha value is -5.94. The smallest absolute Gasteiger partial charge is 0.166 e. The monoisotopic (exact) mass is 1210 g/mol. The van der Waals surface area contributed by atoms with Crippen molar-refractivity contribution in [1.29, 1.82) is 0 Å². The Bertz CT molecular complexity index is 3830. The lowest BCUT2D eigenvalue weighted by Gasteiger charge is -2.47. The molecule has 6 aromatic heterocycles. The van der Waals surface area contributed by atoms with Crippen LogP contribution in [0.2, 0.25) is 20.1 Å². The average molecular weight is 1210 g/mol. The van der Waals surface area contributed by atoms with Gasteiger partial charge in [-0.25, -0.2) is 40.3 Å². The van der Waals surface area contributed by atoms with Crippen LogP contribution in [-0.4, -0.2) is 113 Å². The number of halogens is 6. The second kappa shape index (κ2) is 23.1. The molecule has 3 fully saturated rings. The molecule has 0 aliphatic carbocycles. The molecule has 2 aromatic carbocycles. The predicted molar refractivity (Wildman–Crippen MR) is 308 cm³/mol. The van der Waals surface area contributed by atoms with Gasteiger partial charge in [-0.2, -0.15) is 10.2 Å². The SMILES string of the molecule is C[C@@H](Oc1ccc2c(-c3cnc(N4C[C@@H](CS(C)(=O)=O)[C@@H]4C)c(F)c3)n[nH]c2c1)c1c(Cl)cncc1Cl.C[C@@H](Oc1ccc2c(c1)c(-c1cnc(N3C[C@@H](CS(C)(=O)=O)[C@@H]3C)c(F)c1)nn2C1CCCCO1)c1c(Cl)cncc1Cl. The number of fused-ring (bicyclic) bond motifs is 2. The molecule has 8 aromatic rings. The van der Waals surface area contributed by atoms with Crippen LogP contribution in [0.3, 0.4) is 0 Å². The molecule has 3 aliphatic heterocycles. The zero-order valence-electron chi connectivity index (χ0n) is 44.2. The third-order valence-electron chi connectivity index (χ3n) is 14.8. The summed E-state index contributed by atoms with van der Waals surface area (Å²) in [6.07, 6.45) is 13.4. The molecule has 9 heterocycles. The van der Waals surface area contributed by atoms with Crippen molar-refractivity contribution in [2.45, 2.75) is 77.5 Å². The number of sulfone groups is 2. The van der Waals surface area contributed by atoms with Crippen molar-refractivity contribution in [2.75, 3.05) is 53.5 Å². The zero-order chi connectivity index (χ0) is 56.9. The van der Waals surface area contributed by atoms with E-state index in [1.807, 2.05) is 56.6 Å². The maximum atomic E-state index is 15.6. The van der Waals surface area contributed by atoms with Gasteiger partial charge in [-0.15, -0.1) is 0 Å². The van der Waals surface area contributed by atoms with Gasteiger partial charge in [0.25, 0.3) is 0 Å². The Morgan fingerprint density at radius 2 is 1.18 bits per heavy atom. The quantitative estimate of drug-likeness (QED) is 0.102. The average Bonchev–Trinajstić information content (AvgIpc) is 4.01. The maximum absolute atomic E-state index is 15.6. The molecule has 0 radical (unpaired) electrons. The first-order valence-electron chi connectivity index (χ1n) is 25.8. The van der Waals surface area contributed by atoms with Gasteiger partial charge < -0.3 is 24.0 Å². The minimum absolute atomic E-state index is 0.0455. The van der Waals surface area contributed by atoms with E-state index in [-0.39, 0.29) is 53.3 Å². The number of nitrogens with one attached hydrogen (secondary N) is 1. The summed E-state index contributed by atoms with van der Waals surface area (Å²) < 4.78 is 97.6. The molecule has 0 bridgehead atoms. The highest BCUT2D eigenvalue weighted by molar-refractivity contribution is 7.90. The van der Waals surface area contributed by atoms with Crippen LogP contribution in [0.1, 0.15) is 76.5 Å². The number of H-pyrrole nitrogens is 1. The van der Waals surface area contributed by atoms with Crippen molar-refractivity contribution in [1.82, 2.24) is 39.9 Å². The van der Waals surface area contributed by atoms with E-state index < -0.39 is 43.5 Å². The largest absolute Gasteiger partial charge is 0.486 e. The van der Waals surface area contributed by atoms with Gasteiger partial charge >= 0.3 is 0 Å². The minimum atomic E-state index is -3.12. The number of aromatic nitrogens is 8. The Balaban J connectivity index is 0.000000182. The number of benzene rings is 2. The van der Waals surface area contributed by atoms with Gasteiger partial charge in [-0.05, 0) is 89.4 Å². The summed E-state index contributed by atoms with van der Waals surface area (Å²) in [6, 6.07) is 13.6. The molecule has 0 saturated carbocycles. The summed E-state index contributed by atoms with van der Waals surface area (Å²) in [7, 11) is -6.22. The van der Waals surface area contributed by atoms with E-state index in [0.29, 0.717) is 90.4 Å². The maximum Gasteiger partial charge on any atom is 0.166 e. The Morgan fingerprint density at radius 3 is 1.65 bits per heavy atom. The van der Waals surface area contributed by atoms with Gasteiger partial charge in [-0.1, -0.05) is 46.4 Å². The van der Waals surface area contributed by atoms with Crippen LogP contribution >= 0.6 is 46.4 Å². The fraction of sp³-hybridized carbons (Fsp3) is 0.382. The Labute approximate surface area is 481 Å². The molecule has 11 rings (SSSR count). The fourth-order valence-corrected chi connectivity index (χ4v) is 14.3. The van der Waals surface area contributed by atoms with Gasteiger partial charge in [0.15, 0.2) is 29.5 Å². The van der Waals surface area contributed by atoms with Gasteiger partial charge in [0.2, 0.25) is 0 Å². The van der Waals surface area contributed by atoms with E-state index in [2.05, 4.69) is 30.1 Å². The van der Waals surface area contributed by atoms with Crippen LogP contribution in [0, 0.1) is 23.5 Å². The molecule has 25 heteroatoms. The first-order valence-corrected chi connectivity index (χ1v) is 31.4. The topological polar surface area (TPSA) is 201 Å². The van der Waals surface area contributed by atoms with E-state index in [9.17, 15) is 16.8 Å². The first-order chi connectivity index (χ1) is 38.0. The summed E-state index contributed by atoms with van der Waals surface area (Å²) >= 11 is 25.2. The van der Waals surface area contributed by atoms with Crippen molar-refractivity contribution < 1.29 is 39.8 Å². The number of hydrogen-bond donors (Lipinski definition) is 1. The van der Waals surface area contributed by atoms with Crippen molar-refractivity contribution in [3.8, 4) is 34.0 Å². The van der Waals surface area contributed by atoms with E-state index in [4.69, 9.17) is 65.7 Å². The van der Waals surface area contributed by atoms with Crippen LogP contribution in [0.4, 0.5) is 20.4 Å². The van der Waals surface area contributed by atoms with Crippen molar-refractivity contribution >= 4 is 99.5 Å². The van der Waals surface area contributed by atoms with Crippen molar-refractivity contribution in [2.24, 2.45) is 11.8 Å². The van der Waals surface area contributed by atoms with E-state index in [0.717, 1.165) is 35.6 Å². The first kappa shape index (κ1) is 57.3. The summed E-state index contributed by atoms with van der Waals surface area (Å²) in [5.41, 5.74) is 4.93. The van der Waals surface area contributed by atoms with E-state index >= 15 is 8.78 Å². The molecule has 17 nitrogen and oxygen atoms in total. The third kappa shape index (κ3) is 12.1.